The molecule has 0 N–H and O–H groups in total. The molecule has 0 fully saturated rings. The molecule has 0 spiro atoms. The van der Waals surface area contributed by atoms with Crippen LogP contribution in [0.2, 0.25) is 0 Å². The lowest BCUT2D eigenvalue weighted by Crippen LogP contribution is -1.82. The number of hydrogen-bond donors (Lipinski definition) is 0. The molecule has 1 aromatic heterocycles. The van der Waals surface area contributed by atoms with Crippen molar-refractivity contribution in [2.75, 3.05) is 0 Å². The van der Waals surface area contributed by atoms with Gasteiger partial charge in [0.1, 0.15) is 0 Å². The van der Waals surface area contributed by atoms with E-state index in [1.807, 2.05) is 24.4 Å². The molecule has 3 rings (SSSR count). The molecule has 0 atom stereocenters. The Morgan fingerprint density at radius 1 is 0.929 bits per heavy atom. The van der Waals surface area contributed by atoms with Gasteiger partial charge in [-0.15, -0.1) is 0 Å². The highest BCUT2D eigenvalue weighted by Gasteiger charge is 1.99. The zero-order chi connectivity index (χ0) is 9.38. The zero-order valence-electron chi connectivity index (χ0n) is 7.44. The maximum atomic E-state index is 4.10. The maximum absolute atomic E-state index is 4.10. The van der Waals surface area contributed by atoms with Gasteiger partial charge in [-0.1, -0.05) is 30.3 Å². The molecule has 2 heteroatoms. The van der Waals surface area contributed by atoms with Crippen molar-refractivity contribution in [1.29, 1.82) is 0 Å². The van der Waals surface area contributed by atoms with E-state index in [9.17, 15) is 0 Å². The first-order valence-corrected chi connectivity index (χ1v) is 4.46. The fourth-order valence-electron chi connectivity index (χ4n) is 1.69. The van der Waals surface area contributed by atoms with E-state index in [1.54, 1.807) is 0 Å². The summed E-state index contributed by atoms with van der Waals surface area (Å²) in [7, 11) is 0. The van der Waals surface area contributed by atoms with Crippen molar-refractivity contribution in [3.05, 3.63) is 48.9 Å². The van der Waals surface area contributed by atoms with Crippen molar-refractivity contribution in [3.8, 4) is 0 Å². The van der Waals surface area contributed by atoms with Crippen LogP contribution in [0.25, 0.3) is 21.7 Å². The second-order valence-electron chi connectivity index (χ2n) is 3.19. The van der Waals surface area contributed by atoms with Gasteiger partial charge in [0.05, 0.1) is 5.52 Å². The molecule has 0 aliphatic rings. The first kappa shape index (κ1) is 7.44. The number of fused-ring (bicyclic) bond motifs is 3. The summed E-state index contributed by atoms with van der Waals surface area (Å²) in [5.41, 5.74) is 0.943. The summed E-state index contributed by atoms with van der Waals surface area (Å²) in [5.74, 6) is 0. The second-order valence-corrected chi connectivity index (χ2v) is 3.19. The van der Waals surface area contributed by atoms with E-state index in [0.717, 1.165) is 10.9 Å². The lowest BCUT2D eigenvalue weighted by Gasteiger charge is -2.00. The first-order chi connectivity index (χ1) is 6.95. The highest BCUT2D eigenvalue weighted by atomic mass is 14.8. The smallest absolute Gasteiger partial charge is 0.198 e. The third kappa shape index (κ3) is 0.973. The summed E-state index contributed by atoms with van der Waals surface area (Å²) in [6, 6.07) is 12.3. The molecule has 1 radical (unpaired) electrons. The Labute approximate surface area is 81.2 Å². The van der Waals surface area contributed by atoms with Gasteiger partial charge in [-0.3, -0.25) is 0 Å². The fraction of sp³-hybridized carbons (Fsp3) is 0. The van der Waals surface area contributed by atoms with Crippen molar-refractivity contribution in [2.45, 2.75) is 0 Å². The SMILES string of the molecule is [c]1ncc2c(ccc3ccccc32)n1. The van der Waals surface area contributed by atoms with E-state index in [0.29, 0.717) is 0 Å². The third-order valence-corrected chi connectivity index (χ3v) is 2.37. The molecule has 0 unspecified atom stereocenters. The average Bonchev–Trinajstić information content (AvgIpc) is 2.29. The molecule has 65 valence electrons. The van der Waals surface area contributed by atoms with Gasteiger partial charge in [0.25, 0.3) is 0 Å². The Kier molecular flexibility index (Phi) is 1.47. The average molecular weight is 179 g/mol. The van der Waals surface area contributed by atoms with Gasteiger partial charge in [0.2, 0.25) is 0 Å². The van der Waals surface area contributed by atoms with E-state index in [4.69, 9.17) is 0 Å². The molecule has 0 amide bonds. The monoisotopic (exact) mass is 179 g/mol. The van der Waals surface area contributed by atoms with Crippen LogP contribution in [0.3, 0.4) is 0 Å². The van der Waals surface area contributed by atoms with E-state index >= 15 is 0 Å². The van der Waals surface area contributed by atoms with E-state index in [2.05, 4.69) is 34.5 Å². The van der Waals surface area contributed by atoms with Crippen LogP contribution in [0.5, 0.6) is 0 Å². The molecular weight excluding hydrogens is 172 g/mol. The predicted molar refractivity (Wildman–Crippen MR) is 55.9 cm³/mol. The number of rotatable bonds is 0. The molecule has 14 heavy (non-hydrogen) atoms. The molecule has 0 saturated heterocycles. The van der Waals surface area contributed by atoms with Gasteiger partial charge < -0.3 is 0 Å². The van der Waals surface area contributed by atoms with Gasteiger partial charge in [0.15, 0.2) is 6.33 Å². The lowest BCUT2D eigenvalue weighted by atomic mass is 10.1. The van der Waals surface area contributed by atoms with Gasteiger partial charge in [-0.05, 0) is 16.8 Å². The number of hydrogen-bond acceptors (Lipinski definition) is 2. The molecule has 1 heterocycles. The summed E-state index contributed by atoms with van der Waals surface area (Å²) in [4.78, 5) is 8.02. The van der Waals surface area contributed by atoms with Crippen LogP contribution in [0.1, 0.15) is 0 Å². The summed E-state index contributed by atoms with van der Waals surface area (Å²) in [6.45, 7) is 0. The van der Waals surface area contributed by atoms with Crippen molar-refractivity contribution in [2.24, 2.45) is 0 Å². The Hall–Kier alpha value is -1.96. The van der Waals surface area contributed by atoms with Crippen LogP contribution in [-0.2, 0) is 0 Å². The largest absolute Gasteiger partial charge is 0.233 e. The molecule has 0 saturated carbocycles. The van der Waals surface area contributed by atoms with Gasteiger partial charge in [-0.25, -0.2) is 9.97 Å². The van der Waals surface area contributed by atoms with Crippen molar-refractivity contribution >= 4 is 21.7 Å². The number of nitrogens with zero attached hydrogens (tertiary/aromatic N) is 2. The second kappa shape index (κ2) is 2.77. The topological polar surface area (TPSA) is 25.8 Å². The maximum Gasteiger partial charge on any atom is 0.198 e. The van der Waals surface area contributed by atoms with Gasteiger partial charge in [0, 0.05) is 11.6 Å². The molecule has 2 aromatic carbocycles. The Morgan fingerprint density at radius 3 is 2.86 bits per heavy atom. The summed E-state index contributed by atoms with van der Waals surface area (Å²) in [5, 5.41) is 3.50. The van der Waals surface area contributed by atoms with Crippen LogP contribution >= 0.6 is 0 Å². The Bertz CT molecular complexity index is 547. The van der Waals surface area contributed by atoms with Crippen molar-refractivity contribution < 1.29 is 0 Å². The Morgan fingerprint density at radius 2 is 1.86 bits per heavy atom. The van der Waals surface area contributed by atoms with Crippen LogP contribution in [0.15, 0.2) is 42.6 Å². The highest BCUT2D eigenvalue weighted by molar-refractivity contribution is 6.05. The normalized spacial score (nSPS) is 10.9. The molecule has 0 aliphatic heterocycles. The van der Waals surface area contributed by atoms with Crippen molar-refractivity contribution in [3.63, 3.8) is 0 Å². The first-order valence-electron chi connectivity index (χ1n) is 4.46. The lowest BCUT2D eigenvalue weighted by molar-refractivity contribution is 1.20. The third-order valence-electron chi connectivity index (χ3n) is 2.37. The minimum atomic E-state index is 0.943. The van der Waals surface area contributed by atoms with E-state index in [-0.39, 0.29) is 0 Å². The highest BCUT2D eigenvalue weighted by Crippen LogP contribution is 2.22. The van der Waals surface area contributed by atoms with Gasteiger partial charge in [-0.2, -0.15) is 0 Å². The summed E-state index contributed by atoms with van der Waals surface area (Å²) >= 11 is 0. The number of aromatic nitrogens is 2. The molecule has 0 aliphatic carbocycles. The molecule has 3 aromatic rings. The van der Waals surface area contributed by atoms with Crippen LogP contribution in [0.4, 0.5) is 0 Å². The van der Waals surface area contributed by atoms with Crippen LogP contribution in [0, 0.1) is 6.33 Å². The minimum absolute atomic E-state index is 0.943. The summed E-state index contributed by atoms with van der Waals surface area (Å²) < 4.78 is 0. The Balaban J connectivity index is 2.61. The molecule has 0 bridgehead atoms. The summed E-state index contributed by atoms with van der Waals surface area (Å²) in [6.07, 6.45) is 4.41. The van der Waals surface area contributed by atoms with Crippen LogP contribution < -0.4 is 0 Å². The number of benzene rings is 2. The minimum Gasteiger partial charge on any atom is -0.233 e. The van der Waals surface area contributed by atoms with E-state index < -0.39 is 0 Å². The van der Waals surface area contributed by atoms with Gasteiger partial charge >= 0.3 is 0 Å². The molecular formula is C12H7N2. The fourth-order valence-corrected chi connectivity index (χ4v) is 1.69. The predicted octanol–water partition coefficient (Wildman–Crippen LogP) is 2.58. The zero-order valence-corrected chi connectivity index (χ0v) is 7.44. The standard InChI is InChI=1S/C12H7N2/c1-2-4-10-9(3-1)5-6-12-11(10)7-13-8-14-12/h1-7H. The molecule has 2 nitrogen and oxygen atoms in total. The van der Waals surface area contributed by atoms with Crippen molar-refractivity contribution in [1.82, 2.24) is 9.97 Å². The van der Waals surface area contributed by atoms with E-state index in [1.165, 1.54) is 10.8 Å². The quantitative estimate of drug-likeness (QED) is 0.496. The van der Waals surface area contributed by atoms with Crippen LogP contribution in [-0.4, -0.2) is 9.97 Å².